The summed E-state index contributed by atoms with van der Waals surface area (Å²) in [5, 5.41) is 7.04. The van der Waals surface area contributed by atoms with E-state index in [0.29, 0.717) is 23.2 Å². The Bertz CT molecular complexity index is 1250. The Labute approximate surface area is 208 Å². The molecular formula is C23H24F5N7O2. The van der Waals surface area contributed by atoms with Crippen LogP contribution >= 0.6 is 0 Å². The highest BCUT2D eigenvalue weighted by atomic mass is 19.4. The van der Waals surface area contributed by atoms with Crippen LogP contribution in [0.5, 0.6) is 5.75 Å². The van der Waals surface area contributed by atoms with Crippen LogP contribution in [0.15, 0.2) is 36.9 Å². The molecule has 2 atom stereocenters. The number of hydrogen-bond donors (Lipinski definition) is 1. The fourth-order valence-corrected chi connectivity index (χ4v) is 4.28. The zero-order valence-electron chi connectivity index (χ0n) is 20.1. The number of likely N-dealkylation sites (tertiary alicyclic amines) is 1. The van der Waals surface area contributed by atoms with Crippen LogP contribution in [0, 0.1) is 5.92 Å². The molecule has 1 aliphatic rings. The van der Waals surface area contributed by atoms with Gasteiger partial charge in [0, 0.05) is 26.2 Å². The number of nitrogens with zero attached hydrogens (tertiary/aromatic N) is 6. The molecule has 0 aliphatic carbocycles. The van der Waals surface area contributed by atoms with Gasteiger partial charge >= 0.3 is 6.18 Å². The normalized spacial score (nSPS) is 19.5. The largest absolute Gasteiger partial charge is 0.495 e. The number of aryl methyl sites for hydroxylation is 1. The number of anilines is 1. The Morgan fingerprint density at radius 2 is 1.95 bits per heavy atom. The maximum Gasteiger partial charge on any atom is 0.434 e. The van der Waals surface area contributed by atoms with Gasteiger partial charge in [-0.15, -0.1) is 0 Å². The molecule has 1 aliphatic heterocycles. The molecule has 3 aromatic heterocycles. The Kier molecular flexibility index (Phi) is 7.02. The molecule has 0 spiro atoms. The van der Waals surface area contributed by atoms with Crippen LogP contribution in [0.4, 0.5) is 27.8 Å². The molecule has 1 amide bonds. The average molecular weight is 525 g/mol. The number of aromatic nitrogens is 5. The number of carbonyl (C=O) groups is 1. The van der Waals surface area contributed by atoms with Crippen LogP contribution in [0.25, 0.3) is 11.3 Å². The molecule has 4 heterocycles. The quantitative estimate of drug-likeness (QED) is 0.488. The lowest BCUT2D eigenvalue weighted by Gasteiger charge is -2.43. The second-order valence-electron chi connectivity index (χ2n) is 8.85. The van der Waals surface area contributed by atoms with Crippen molar-refractivity contribution in [2.75, 3.05) is 25.5 Å². The molecule has 1 N–H and O–H groups in total. The molecule has 0 saturated carbocycles. The first-order valence-corrected chi connectivity index (χ1v) is 11.2. The fourth-order valence-electron chi connectivity index (χ4n) is 4.28. The summed E-state index contributed by atoms with van der Waals surface area (Å²) in [6, 6.07) is 2.55. The highest BCUT2D eigenvalue weighted by Crippen LogP contribution is 2.36. The van der Waals surface area contributed by atoms with Gasteiger partial charge in [-0.2, -0.15) is 18.3 Å². The number of rotatable bonds is 6. The van der Waals surface area contributed by atoms with E-state index in [-0.39, 0.29) is 18.1 Å². The molecule has 37 heavy (non-hydrogen) atoms. The van der Waals surface area contributed by atoms with Gasteiger partial charge in [0.2, 0.25) is 0 Å². The van der Waals surface area contributed by atoms with E-state index >= 15 is 0 Å². The number of pyridine rings is 1. The molecule has 0 bridgehead atoms. The van der Waals surface area contributed by atoms with Crippen LogP contribution in [-0.2, 0) is 13.2 Å². The second kappa shape index (κ2) is 9.90. The van der Waals surface area contributed by atoms with Crippen molar-refractivity contribution in [2.24, 2.45) is 13.0 Å². The summed E-state index contributed by atoms with van der Waals surface area (Å²) in [6.07, 6.45) is -0.590. The van der Waals surface area contributed by atoms with Gasteiger partial charge in [0.15, 0.2) is 11.4 Å². The standard InChI is InChI=1S/C23H24F5N7O2/c1-13-6-22(24,25)12-35(17(13)8-31-19-10-30-18(9-32-19)23(26,27)28)21(36)20-15(11-34(2)33-20)16-5-4-14(37-3)7-29-16/h4-5,7,9-11,13,17H,6,8,12H2,1-3H3,(H,31,32)/t13-,17-/m1/s1. The number of piperidine rings is 1. The van der Waals surface area contributed by atoms with E-state index in [1.54, 1.807) is 32.3 Å². The highest BCUT2D eigenvalue weighted by molar-refractivity contribution is 5.98. The summed E-state index contributed by atoms with van der Waals surface area (Å²) in [6.45, 7) is 0.710. The van der Waals surface area contributed by atoms with Crippen molar-refractivity contribution in [3.8, 4) is 17.0 Å². The minimum Gasteiger partial charge on any atom is -0.495 e. The topological polar surface area (TPSA) is 98.1 Å². The molecule has 0 radical (unpaired) electrons. The van der Waals surface area contributed by atoms with Crippen LogP contribution in [0.1, 0.15) is 29.5 Å². The third-order valence-corrected chi connectivity index (χ3v) is 6.05. The zero-order chi connectivity index (χ0) is 27.0. The summed E-state index contributed by atoms with van der Waals surface area (Å²) in [5.74, 6) is -3.97. The number of methoxy groups -OCH3 is 1. The van der Waals surface area contributed by atoms with Crippen LogP contribution in [0.3, 0.4) is 0 Å². The molecule has 9 nitrogen and oxygen atoms in total. The monoisotopic (exact) mass is 525 g/mol. The number of carbonyl (C=O) groups excluding carboxylic acids is 1. The number of amides is 1. The average Bonchev–Trinajstić information content (AvgIpc) is 3.23. The third kappa shape index (κ3) is 5.78. The number of alkyl halides is 5. The molecule has 4 rings (SSSR count). The smallest absolute Gasteiger partial charge is 0.434 e. The first kappa shape index (κ1) is 26.2. The van der Waals surface area contributed by atoms with E-state index in [9.17, 15) is 26.7 Å². The minimum atomic E-state index is -4.64. The summed E-state index contributed by atoms with van der Waals surface area (Å²) in [4.78, 5) is 26.0. The molecule has 1 fully saturated rings. The molecule has 0 unspecified atom stereocenters. The Morgan fingerprint density at radius 3 is 2.54 bits per heavy atom. The molecule has 198 valence electrons. The van der Waals surface area contributed by atoms with Gasteiger partial charge in [-0.3, -0.25) is 14.5 Å². The predicted molar refractivity (Wildman–Crippen MR) is 122 cm³/mol. The van der Waals surface area contributed by atoms with E-state index in [2.05, 4.69) is 25.4 Å². The predicted octanol–water partition coefficient (Wildman–Crippen LogP) is 3.90. The Balaban J connectivity index is 1.60. The third-order valence-electron chi connectivity index (χ3n) is 6.05. The second-order valence-corrected chi connectivity index (χ2v) is 8.85. The van der Waals surface area contributed by atoms with E-state index in [0.717, 1.165) is 11.1 Å². The maximum absolute atomic E-state index is 14.6. The highest BCUT2D eigenvalue weighted by Gasteiger charge is 2.47. The van der Waals surface area contributed by atoms with Crippen LogP contribution in [-0.4, -0.2) is 67.7 Å². The first-order valence-electron chi connectivity index (χ1n) is 11.2. The maximum atomic E-state index is 14.6. The lowest BCUT2D eigenvalue weighted by Crippen LogP contribution is -2.57. The summed E-state index contributed by atoms with van der Waals surface area (Å²) in [5.41, 5.74) is -0.444. The van der Waals surface area contributed by atoms with Crippen molar-refractivity contribution in [1.82, 2.24) is 29.6 Å². The fraction of sp³-hybridized carbons (Fsp3) is 0.435. The van der Waals surface area contributed by atoms with Gasteiger partial charge in [0.1, 0.15) is 11.6 Å². The van der Waals surface area contributed by atoms with Crippen molar-refractivity contribution in [3.63, 3.8) is 0 Å². The summed E-state index contributed by atoms with van der Waals surface area (Å²) in [7, 11) is 3.08. The number of nitrogens with one attached hydrogen (secondary N) is 1. The SMILES string of the molecule is COc1ccc(-c2cn(C)nc2C(=O)N2CC(F)(F)C[C@@H](C)[C@H]2CNc2cnc(C(F)(F)F)cn2)nc1. The van der Waals surface area contributed by atoms with E-state index < -0.39 is 48.6 Å². The molecular weight excluding hydrogens is 501 g/mol. The lowest BCUT2D eigenvalue weighted by atomic mass is 9.88. The zero-order valence-corrected chi connectivity index (χ0v) is 20.1. The van der Waals surface area contributed by atoms with Crippen molar-refractivity contribution in [3.05, 3.63) is 48.3 Å². The lowest BCUT2D eigenvalue weighted by molar-refractivity contribution is -0.141. The van der Waals surface area contributed by atoms with Crippen molar-refractivity contribution < 1.29 is 31.5 Å². The molecule has 3 aromatic rings. The van der Waals surface area contributed by atoms with Gasteiger partial charge in [0.25, 0.3) is 11.8 Å². The van der Waals surface area contributed by atoms with Crippen LogP contribution < -0.4 is 10.1 Å². The van der Waals surface area contributed by atoms with Gasteiger partial charge < -0.3 is 15.0 Å². The number of halogens is 5. The first-order chi connectivity index (χ1) is 17.4. The van der Waals surface area contributed by atoms with E-state index in [1.165, 1.54) is 18.0 Å². The summed E-state index contributed by atoms with van der Waals surface area (Å²) >= 11 is 0. The van der Waals surface area contributed by atoms with Crippen molar-refractivity contribution >= 4 is 11.7 Å². The molecule has 14 heteroatoms. The van der Waals surface area contributed by atoms with Crippen molar-refractivity contribution in [1.29, 1.82) is 0 Å². The van der Waals surface area contributed by atoms with E-state index in [1.807, 2.05) is 0 Å². The van der Waals surface area contributed by atoms with Crippen LogP contribution in [0.2, 0.25) is 0 Å². The van der Waals surface area contributed by atoms with Crippen molar-refractivity contribution in [2.45, 2.75) is 31.5 Å². The summed E-state index contributed by atoms with van der Waals surface area (Å²) < 4.78 is 74.0. The molecule has 0 aromatic carbocycles. The molecule has 1 saturated heterocycles. The minimum absolute atomic E-state index is 0.0193. The van der Waals surface area contributed by atoms with E-state index in [4.69, 9.17) is 4.74 Å². The van der Waals surface area contributed by atoms with Gasteiger partial charge in [-0.1, -0.05) is 6.92 Å². The number of hydrogen-bond acceptors (Lipinski definition) is 7. The number of ether oxygens (including phenoxy) is 1. The van der Waals surface area contributed by atoms with Gasteiger partial charge in [0.05, 0.1) is 49.5 Å². The van der Waals surface area contributed by atoms with Gasteiger partial charge in [-0.25, -0.2) is 18.7 Å². The Morgan fingerprint density at radius 1 is 1.19 bits per heavy atom. The van der Waals surface area contributed by atoms with Gasteiger partial charge in [-0.05, 0) is 18.1 Å². The Hall–Kier alpha value is -3.84.